The van der Waals surface area contributed by atoms with Gasteiger partial charge in [-0.1, -0.05) is 13.8 Å². The molecule has 0 radical (unpaired) electrons. The fraction of sp³-hybridized carbons (Fsp3) is 0.769. The van der Waals surface area contributed by atoms with Gasteiger partial charge in [-0.2, -0.15) is 11.8 Å². The summed E-state index contributed by atoms with van der Waals surface area (Å²) in [7, 11) is 0. The van der Waals surface area contributed by atoms with Crippen molar-refractivity contribution < 1.29 is 0 Å². The average Bonchev–Trinajstić information content (AvgIpc) is 2.74. The Morgan fingerprint density at radius 1 is 1.47 bits per heavy atom. The zero-order chi connectivity index (χ0) is 12.1. The Hall–Kier alpha value is -0.480. The fourth-order valence-corrected chi connectivity index (χ4v) is 3.31. The molecule has 0 saturated carbocycles. The highest BCUT2D eigenvalue weighted by Crippen LogP contribution is 2.17. The first-order chi connectivity index (χ1) is 8.25. The van der Waals surface area contributed by atoms with Crippen LogP contribution in [0.2, 0.25) is 0 Å². The number of imidazole rings is 1. The number of nitrogens with one attached hydrogen (secondary N) is 1. The Kier molecular flexibility index (Phi) is 4.92. The highest BCUT2D eigenvalue weighted by molar-refractivity contribution is 7.99. The van der Waals surface area contributed by atoms with Crippen molar-refractivity contribution >= 4 is 11.8 Å². The molecule has 2 rings (SSSR count). The van der Waals surface area contributed by atoms with Crippen LogP contribution in [0.4, 0.5) is 0 Å². The van der Waals surface area contributed by atoms with Crippen molar-refractivity contribution in [1.82, 2.24) is 14.9 Å². The molecule has 1 aliphatic rings. The van der Waals surface area contributed by atoms with Crippen LogP contribution in [0.1, 0.15) is 32.4 Å². The second-order valence-corrected chi connectivity index (χ2v) is 6.42. The lowest BCUT2D eigenvalue weighted by Gasteiger charge is -2.23. The SMILES string of the molecule is CC(C)Cn1cncc1CNC1CCSCC1. The quantitative estimate of drug-likeness (QED) is 0.874. The summed E-state index contributed by atoms with van der Waals surface area (Å²) in [4.78, 5) is 4.26. The Morgan fingerprint density at radius 3 is 2.94 bits per heavy atom. The topological polar surface area (TPSA) is 29.9 Å². The van der Waals surface area contributed by atoms with Gasteiger partial charge in [-0.15, -0.1) is 0 Å². The van der Waals surface area contributed by atoms with E-state index in [-0.39, 0.29) is 0 Å². The number of rotatable bonds is 5. The van der Waals surface area contributed by atoms with Crippen molar-refractivity contribution in [1.29, 1.82) is 0 Å². The van der Waals surface area contributed by atoms with Gasteiger partial charge in [0.1, 0.15) is 0 Å². The second kappa shape index (κ2) is 6.45. The van der Waals surface area contributed by atoms with E-state index in [4.69, 9.17) is 0 Å². The summed E-state index contributed by atoms with van der Waals surface area (Å²) in [6.07, 6.45) is 6.56. The molecule has 1 aliphatic heterocycles. The first-order valence-corrected chi connectivity index (χ1v) is 7.71. The Balaban J connectivity index is 1.83. The lowest BCUT2D eigenvalue weighted by molar-refractivity contribution is 0.455. The lowest BCUT2D eigenvalue weighted by atomic mass is 10.1. The summed E-state index contributed by atoms with van der Waals surface area (Å²) >= 11 is 2.08. The molecule has 0 bridgehead atoms. The van der Waals surface area contributed by atoms with E-state index >= 15 is 0 Å². The summed E-state index contributed by atoms with van der Waals surface area (Å²) in [5.74, 6) is 3.29. The van der Waals surface area contributed by atoms with Crippen LogP contribution in [0, 0.1) is 5.92 Å². The van der Waals surface area contributed by atoms with Gasteiger partial charge in [0.15, 0.2) is 0 Å². The fourth-order valence-electron chi connectivity index (χ4n) is 2.20. The third-order valence-electron chi connectivity index (χ3n) is 3.15. The minimum Gasteiger partial charge on any atom is -0.333 e. The first-order valence-electron chi connectivity index (χ1n) is 6.56. The van der Waals surface area contributed by atoms with E-state index in [1.54, 1.807) is 0 Å². The molecule has 0 spiro atoms. The van der Waals surface area contributed by atoms with Gasteiger partial charge in [0.25, 0.3) is 0 Å². The summed E-state index contributed by atoms with van der Waals surface area (Å²) in [6.45, 7) is 6.52. The Bertz CT molecular complexity index is 329. The van der Waals surface area contributed by atoms with Crippen LogP contribution in [-0.2, 0) is 13.1 Å². The van der Waals surface area contributed by atoms with E-state index in [2.05, 4.69) is 40.5 Å². The van der Waals surface area contributed by atoms with E-state index in [0.717, 1.165) is 13.1 Å². The largest absolute Gasteiger partial charge is 0.333 e. The summed E-state index contributed by atoms with van der Waals surface area (Å²) < 4.78 is 2.27. The predicted molar refractivity (Wildman–Crippen MR) is 74.3 cm³/mol. The van der Waals surface area contributed by atoms with Gasteiger partial charge in [0.2, 0.25) is 0 Å². The molecular formula is C13H23N3S. The molecule has 1 saturated heterocycles. The molecule has 1 fully saturated rings. The summed E-state index contributed by atoms with van der Waals surface area (Å²) in [5.41, 5.74) is 1.32. The van der Waals surface area contributed by atoms with E-state index in [9.17, 15) is 0 Å². The Morgan fingerprint density at radius 2 is 2.24 bits per heavy atom. The number of aromatic nitrogens is 2. The van der Waals surface area contributed by atoms with Crippen molar-refractivity contribution in [3.05, 3.63) is 18.2 Å². The second-order valence-electron chi connectivity index (χ2n) is 5.20. The van der Waals surface area contributed by atoms with Gasteiger partial charge in [-0.25, -0.2) is 4.98 Å². The van der Waals surface area contributed by atoms with Gasteiger partial charge in [0, 0.05) is 25.3 Å². The zero-order valence-corrected chi connectivity index (χ0v) is 11.7. The minimum atomic E-state index is 0.675. The van der Waals surface area contributed by atoms with E-state index in [1.807, 2.05) is 12.5 Å². The molecule has 1 N–H and O–H groups in total. The van der Waals surface area contributed by atoms with E-state index in [0.29, 0.717) is 12.0 Å². The monoisotopic (exact) mass is 253 g/mol. The van der Waals surface area contributed by atoms with Crippen LogP contribution in [0.15, 0.2) is 12.5 Å². The Labute approximate surface area is 108 Å². The van der Waals surface area contributed by atoms with Gasteiger partial charge in [-0.3, -0.25) is 0 Å². The van der Waals surface area contributed by atoms with Crippen molar-refractivity contribution in [2.45, 2.75) is 45.8 Å². The number of hydrogen-bond acceptors (Lipinski definition) is 3. The molecule has 4 heteroatoms. The van der Waals surface area contributed by atoms with Crippen LogP contribution in [0.5, 0.6) is 0 Å². The zero-order valence-electron chi connectivity index (χ0n) is 10.9. The van der Waals surface area contributed by atoms with E-state index in [1.165, 1.54) is 30.0 Å². The molecule has 17 heavy (non-hydrogen) atoms. The van der Waals surface area contributed by atoms with Crippen molar-refractivity contribution in [3.8, 4) is 0 Å². The number of thioether (sulfide) groups is 1. The van der Waals surface area contributed by atoms with Crippen molar-refractivity contribution in [3.63, 3.8) is 0 Å². The van der Waals surface area contributed by atoms with Gasteiger partial charge >= 0.3 is 0 Å². The van der Waals surface area contributed by atoms with Crippen molar-refractivity contribution in [2.75, 3.05) is 11.5 Å². The van der Waals surface area contributed by atoms with Crippen LogP contribution in [0.25, 0.3) is 0 Å². The first kappa shape index (κ1) is 13.0. The highest BCUT2D eigenvalue weighted by Gasteiger charge is 2.13. The van der Waals surface area contributed by atoms with Crippen molar-refractivity contribution in [2.24, 2.45) is 5.92 Å². The van der Waals surface area contributed by atoms with Gasteiger partial charge < -0.3 is 9.88 Å². The summed E-state index contributed by atoms with van der Waals surface area (Å²) in [6, 6.07) is 0.707. The maximum absolute atomic E-state index is 4.26. The van der Waals surface area contributed by atoms with E-state index < -0.39 is 0 Å². The average molecular weight is 253 g/mol. The molecule has 1 aromatic heterocycles. The molecule has 3 nitrogen and oxygen atoms in total. The van der Waals surface area contributed by atoms with Crippen LogP contribution < -0.4 is 5.32 Å². The van der Waals surface area contributed by atoms with Gasteiger partial charge in [-0.05, 0) is 30.3 Å². The third kappa shape index (κ3) is 4.03. The standard InChI is InChI=1S/C13H23N3S/c1-11(2)9-16-10-14-7-13(16)8-15-12-3-5-17-6-4-12/h7,10-12,15H,3-6,8-9H2,1-2H3. The molecule has 2 heterocycles. The molecule has 0 unspecified atom stereocenters. The lowest BCUT2D eigenvalue weighted by Crippen LogP contribution is -2.32. The third-order valence-corrected chi connectivity index (χ3v) is 4.20. The smallest absolute Gasteiger partial charge is 0.0948 e. The molecular weight excluding hydrogens is 230 g/mol. The maximum Gasteiger partial charge on any atom is 0.0948 e. The van der Waals surface area contributed by atoms with Crippen LogP contribution in [0.3, 0.4) is 0 Å². The molecule has 0 atom stereocenters. The highest BCUT2D eigenvalue weighted by atomic mass is 32.2. The number of nitrogens with zero attached hydrogens (tertiary/aromatic N) is 2. The predicted octanol–water partition coefficient (Wildman–Crippen LogP) is 2.52. The molecule has 0 aliphatic carbocycles. The maximum atomic E-state index is 4.26. The molecule has 0 amide bonds. The molecule has 1 aromatic rings. The van der Waals surface area contributed by atoms with Crippen LogP contribution in [-0.4, -0.2) is 27.1 Å². The molecule has 0 aromatic carbocycles. The number of hydrogen-bond donors (Lipinski definition) is 1. The summed E-state index contributed by atoms with van der Waals surface area (Å²) in [5, 5.41) is 3.66. The normalized spacial score (nSPS) is 17.8. The van der Waals surface area contributed by atoms with Crippen LogP contribution >= 0.6 is 11.8 Å². The minimum absolute atomic E-state index is 0.675. The van der Waals surface area contributed by atoms with Gasteiger partial charge in [0.05, 0.1) is 12.0 Å². The molecule has 96 valence electrons.